The summed E-state index contributed by atoms with van der Waals surface area (Å²) in [7, 11) is 0. The van der Waals surface area contributed by atoms with Crippen molar-refractivity contribution in [2.75, 3.05) is 6.61 Å². The van der Waals surface area contributed by atoms with Gasteiger partial charge in [0.1, 0.15) is 10.8 Å². The number of halogens is 2. The zero-order valence-electron chi connectivity index (χ0n) is 7.80. The molecule has 0 radical (unpaired) electrons. The number of fused-ring (bicyclic) bond motifs is 1. The normalized spacial score (nSPS) is 20.5. The molecule has 5 heteroatoms. The Kier molecular flexibility index (Phi) is 2.87. The van der Waals surface area contributed by atoms with Crippen molar-refractivity contribution in [2.45, 2.75) is 12.5 Å². The van der Waals surface area contributed by atoms with E-state index >= 15 is 0 Å². The molecule has 15 heavy (non-hydrogen) atoms. The van der Waals surface area contributed by atoms with Gasteiger partial charge in [-0.2, -0.15) is 0 Å². The zero-order valence-corrected chi connectivity index (χ0v) is 9.31. The van der Waals surface area contributed by atoms with Crippen molar-refractivity contribution in [3.8, 4) is 5.75 Å². The number of nitrogens with two attached hydrogens (primary N) is 1. The molecule has 80 valence electrons. The average Bonchev–Trinajstić information content (AvgIpc) is 2.35. The summed E-state index contributed by atoms with van der Waals surface area (Å²) in [6, 6.07) is 2.64. The molecule has 1 aliphatic rings. The fraction of sp³-hybridized carbons (Fsp3) is 0.300. The first-order valence-corrected chi connectivity index (χ1v) is 5.27. The van der Waals surface area contributed by atoms with Crippen molar-refractivity contribution in [1.82, 2.24) is 0 Å². The van der Waals surface area contributed by atoms with Crippen molar-refractivity contribution >= 4 is 29.0 Å². The van der Waals surface area contributed by atoms with Crippen molar-refractivity contribution < 1.29 is 9.53 Å². The van der Waals surface area contributed by atoms with Crippen LogP contribution in [0, 0.1) is 0 Å². The van der Waals surface area contributed by atoms with Crippen LogP contribution in [-0.4, -0.2) is 18.4 Å². The highest BCUT2D eigenvalue weighted by Gasteiger charge is 2.25. The molecule has 0 amide bonds. The third-order valence-corrected chi connectivity index (χ3v) is 3.11. The van der Waals surface area contributed by atoms with E-state index in [2.05, 4.69) is 0 Å². The molecule has 0 saturated heterocycles. The lowest BCUT2D eigenvalue weighted by atomic mass is 10.0. The molecular weight excluding hydrogens is 237 g/mol. The van der Waals surface area contributed by atoms with Crippen LogP contribution >= 0.6 is 23.2 Å². The largest absolute Gasteiger partial charge is 0.491 e. The first-order chi connectivity index (χ1) is 7.11. The molecule has 1 unspecified atom stereocenters. The van der Waals surface area contributed by atoms with Crippen LogP contribution in [0.2, 0.25) is 10.0 Å². The molecule has 0 bridgehead atoms. The number of hydrogen-bond donors (Lipinski definition) is 1. The van der Waals surface area contributed by atoms with E-state index in [0.717, 1.165) is 0 Å². The maximum absolute atomic E-state index is 11.8. The van der Waals surface area contributed by atoms with Crippen LogP contribution in [0.4, 0.5) is 0 Å². The van der Waals surface area contributed by atoms with E-state index in [-0.39, 0.29) is 10.8 Å². The van der Waals surface area contributed by atoms with Crippen LogP contribution in [0.25, 0.3) is 0 Å². The maximum atomic E-state index is 11.8. The van der Waals surface area contributed by atoms with Crippen molar-refractivity contribution in [3.05, 3.63) is 27.7 Å². The maximum Gasteiger partial charge on any atom is 0.183 e. The average molecular weight is 246 g/mol. The van der Waals surface area contributed by atoms with E-state index in [0.29, 0.717) is 29.4 Å². The van der Waals surface area contributed by atoms with Gasteiger partial charge in [0.15, 0.2) is 5.78 Å². The number of Topliss-reactive ketones (excluding diaryl/α,β-unsaturated/α-hetero) is 1. The van der Waals surface area contributed by atoms with Gasteiger partial charge in [0.2, 0.25) is 0 Å². The van der Waals surface area contributed by atoms with Crippen LogP contribution in [0.15, 0.2) is 12.1 Å². The first-order valence-electron chi connectivity index (χ1n) is 4.52. The van der Waals surface area contributed by atoms with Gasteiger partial charge in [-0.05, 0) is 12.1 Å². The molecule has 3 nitrogen and oxygen atoms in total. The van der Waals surface area contributed by atoms with Crippen LogP contribution < -0.4 is 10.5 Å². The first kappa shape index (κ1) is 10.7. The number of carbonyl (C=O) groups is 1. The van der Waals surface area contributed by atoms with E-state index in [4.69, 9.17) is 33.7 Å². The molecule has 0 aliphatic carbocycles. The summed E-state index contributed by atoms with van der Waals surface area (Å²) in [5, 5.41) is 0.648. The van der Waals surface area contributed by atoms with Gasteiger partial charge in [0.25, 0.3) is 0 Å². The Balaban J connectivity index is 2.58. The number of benzene rings is 1. The Labute approximate surface area is 97.1 Å². The second-order valence-corrected chi connectivity index (χ2v) is 4.13. The number of hydrogen-bond acceptors (Lipinski definition) is 3. The molecule has 1 heterocycles. The SMILES string of the molecule is NC1CCOc2c(ccc(Cl)c2Cl)C1=O. The molecule has 0 fully saturated rings. The lowest BCUT2D eigenvalue weighted by Gasteiger charge is -2.09. The van der Waals surface area contributed by atoms with Crippen LogP contribution in [0.3, 0.4) is 0 Å². The van der Waals surface area contributed by atoms with E-state index in [1.165, 1.54) is 0 Å². The molecule has 2 N–H and O–H groups in total. The van der Waals surface area contributed by atoms with Gasteiger partial charge < -0.3 is 10.5 Å². The van der Waals surface area contributed by atoms with E-state index < -0.39 is 6.04 Å². The zero-order chi connectivity index (χ0) is 11.0. The highest BCUT2D eigenvalue weighted by atomic mass is 35.5. The minimum Gasteiger partial charge on any atom is -0.491 e. The van der Waals surface area contributed by atoms with E-state index in [9.17, 15) is 4.79 Å². The minimum atomic E-state index is -0.525. The van der Waals surface area contributed by atoms with Gasteiger partial charge in [-0.1, -0.05) is 23.2 Å². The van der Waals surface area contributed by atoms with Crippen LogP contribution in [0.1, 0.15) is 16.8 Å². The summed E-state index contributed by atoms with van der Waals surface area (Å²) in [4.78, 5) is 11.8. The topological polar surface area (TPSA) is 52.3 Å². The molecular formula is C10H9Cl2NO2. The third kappa shape index (κ3) is 1.83. The molecule has 0 saturated carbocycles. The predicted octanol–water partition coefficient (Wildman–Crippen LogP) is 2.29. The summed E-state index contributed by atoms with van der Waals surface area (Å²) in [5.41, 5.74) is 6.09. The highest BCUT2D eigenvalue weighted by Crippen LogP contribution is 2.37. The third-order valence-electron chi connectivity index (χ3n) is 2.33. The summed E-state index contributed by atoms with van der Waals surface area (Å²) in [5.74, 6) is 0.197. The molecule has 0 spiro atoms. The van der Waals surface area contributed by atoms with Gasteiger partial charge in [-0.15, -0.1) is 0 Å². The lowest BCUT2D eigenvalue weighted by molar-refractivity contribution is 0.0960. The highest BCUT2D eigenvalue weighted by molar-refractivity contribution is 6.43. The number of ketones is 1. The van der Waals surface area contributed by atoms with Gasteiger partial charge in [-0.3, -0.25) is 4.79 Å². The Morgan fingerprint density at radius 3 is 2.87 bits per heavy atom. The van der Waals surface area contributed by atoms with Gasteiger partial charge in [0.05, 0.1) is 23.2 Å². The lowest BCUT2D eigenvalue weighted by Crippen LogP contribution is -2.30. The van der Waals surface area contributed by atoms with Gasteiger partial charge >= 0.3 is 0 Å². The van der Waals surface area contributed by atoms with Crippen molar-refractivity contribution in [3.63, 3.8) is 0 Å². The molecule has 1 aromatic carbocycles. The molecule has 1 atom stereocenters. The monoisotopic (exact) mass is 245 g/mol. The van der Waals surface area contributed by atoms with Gasteiger partial charge in [-0.25, -0.2) is 0 Å². The smallest absolute Gasteiger partial charge is 0.183 e. The Morgan fingerprint density at radius 1 is 1.40 bits per heavy atom. The predicted molar refractivity (Wildman–Crippen MR) is 58.9 cm³/mol. The fourth-order valence-corrected chi connectivity index (χ4v) is 1.85. The summed E-state index contributed by atoms with van der Waals surface area (Å²) >= 11 is 11.8. The summed E-state index contributed by atoms with van der Waals surface area (Å²) in [6.45, 7) is 0.375. The number of ether oxygens (including phenoxy) is 1. The second-order valence-electron chi connectivity index (χ2n) is 3.35. The van der Waals surface area contributed by atoms with E-state index in [1.54, 1.807) is 12.1 Å². The van der Waals surface area contributed by atoms with E-state index in [1.807, 2.05) is 0 Å². The summed E-state index contributed by atoms with van der Waals surface area (Å²) in [6.07, 6.45) is 0.488. The Hall–Kier alpha value is -0.770. The van der Waals surface area contributed by atoms with Crippen molar-refractivity contribution in [2.24, 2.45) is 5.73 Å². The molecule has 1 aromatic rings. The Morgan fingerprint density at radius 2 is 2.13 bits per heavy atom. The quantitative estimate of drug-likeness (QED) is 0.764. The minimum absolute atomic E-state index is 0.152. The Bertz CT molecular complexity index is 420. The van der Waals surface area contributed by atoms with Crippen LogP contribution in [0.5, 0.6) is 5.75 Å². The molecule has 2 rings (SSSR count). The second kappa shape index (κ2) is 4.00. The van der Waals surface area contributed by atoms with Crippen molar-refractivity contribution in [1.29, 1.82) is 0 Å². The molecule has 1 aliphatic heterocycles. The standard InChI is InChI=1S/C10H9Cl2NO2/c11-6-2-1-5-9(14)7(13)3-4-15-10(5)8(6)12/h1-2,7H,3-4,13H2. The molecule has 0 aromatic heterocycles. The number of carbonyl (C=O) groups excluding carboxylic acids is 1. The number of rotatable bonds is 0. The van der Waals surface area contributed by atoms with Crippen LogP contribution in [-0.2, 0) is 0 Å². The fourth-order valence-electron chi connectivity index (χ4n) is 1.49. The van der Waals surface area contributed by atoms with Gasteiger partial charge in [0, 0.05) is 6.42 Å². The summed E-state index contributed by atoms with van der Waals surface area (Å²) < 4.78 is 5.38.